The third kappa shape index (κ3) is 4.64. The van der Waals surface area contributed by atoms with Gasteiger partial charge in [-0.3, -0.25) is 0 Å². The molecule has 0 aliphatic carbocycles. The van der Waals surface area contributed by atoms with Crippen LogP contribution in [-0.4, -0.2) is 56.9 Å². The number of benzene rings is 1. The highest BCUT2D eigenvalue weighted by Crippen LogP contribution is 2.22. The molecule has 0 unspecified atom stereocenters. The van der Waals surface area contributed by atoms with Crippen LogP contribution in [0.5, 0.6) is 0 Å². The molecule has 0 saturated carbocycles. The van der Waals surface area contributed by atoms with Crippen LogP contribution in [0.2, 0.25) is 5.02 Å². The van der Waals surface area contributed by atoms with E-state index in [2.05, 4.69) is 25.3 Å². The summed E-state index contributed by atoms with van der Waals surface area (Å²) in [5.74, 6) is 2.29. The van der Waals surface area contributed by atoms with Gasteiger partial charge in [0.25, 0.3) is 0 Å². The van der Waals surface area contributed by atoms with E-state index in [1.54, 1.807) is 11.0 Å². The van der Waals surface area contributed by atoms with Crippen LogP contribution in [-0.2, 0) is 0 Å². The highest BCUT2D eigenvalue weighted by atomic mass is 35.5. The van der Waals surface area contributed by atoms with Crippen LogP contribution in [0, 0.1) is 27.7 Å². The summed E-state index contributed by atoms with van der Waals surface area (Å²) in [7, 11) is 0. The number of carbonyl (C=O) groups is 1. The molecule has 8 nitrogen and oxygen atoms in total. The van der Waals surface area contributed by atoms with Gasteiger partial charge >= 0.3 is 6.03 Å². The van der Waals surface area contributed by atoms with Crippen LogP contribution in [0.1, 0.15) is 22.8 Å². The first-order valence-corrected chi connectivity index (χ1v) is 10.6. The zero-order valence-electron chi connectivity index (χ0n) is 18.2. The van der Waals surface area contributed by atoms with Gasteiger partial charge in [0.15, 0.2) is 5.82 Å². The molecule has 2 amide bonds. The van der Waals surface area contributed by atoms with Crippen LogP contribution in [0.3, 0.4) is 0 Å². The summed E-state index contributed by atoms with van der Waals surface area (Å²) in [4.78, 5) is 25.8. The molecule has 1 aliphatic heterocycles. The summed E-state index contributed by atoms with van der Waals surface area (Å²) >= 11 is 6.16. The molecule has 162 valence electrons. The van der Waals surface area contributed by atoms with Gasteiger partial charge in [-0.15, -0.1) is 0 Å². The summed E-state index contributed by atoms with van der Waals surface area (Å²) in [6.07, 6.45) is 0. The molecule has 31 heavy (non-hydrogen) atoms. The summed E-state index contributed by atoms with van der Waals surface area (Å²) in [6.45, 7) is 10.4. The summed E-state index contributed by atoms with van der Waals surface area (Å²) in [5.41, 5.74) is 3.65. The standard InChI is InChI=1S/C22H26ClN7O/c1-14-5-6-18(12-19(14)23)26-22(31)29-9-7-28(8-10-29)20-13-21(25-17(4)24-20)30-16(3)11-15(2)27-30/h5-6,11-13H,7-10H2,1-4H3,(H,26,31). The average Bonchev–Trinajstić information content (AvgIpc) is 3.08. The second-order valence-corrected chi connectivity index (χ2v) is 8.25. The van der Waals surface area contributed by atoms with Crippen molar-refractivity contribution in [3.05, 3.63) is 58.1 Å². The van der Waals surface area contributed by atoms with Crippen molar-refractivity contribution >= 4 is 29.1 Å². The molecule has 1 aliphatic rings. The van der Waals surface area contributed by atoms with Crippen molar-refractivity contribution in [3.63, 3.8) is 0 Å². The number of carbonyl (C=O) groups excluding carboxylic acids is 1. The number of halogens is 1. The maximum atomic E-state index is 12.7. The van der Waals surface area contributed by atoms with Crippen molar-refractivity contribution in [1.29, 1.82) is 0 Å². The lowest BCUT2D eigenvalue weighted by Gasteiger charge is -2.35. The number of piperazine rings is 1. The quantitative estimate of drug-likeness (QED) is 0.669. The fourth-order valence-electron chi connectivity index (χ4n) is 3.68. The van der Waals surface area contributed by atoms with Crippen molar-refractivity contribution in [1.82, 2.24) is 24.6 Å². The Morgan fingerprint density at radius 2 is 1.68 bits per heavy atom. The summed E-state index contributed by atoms with van der Waals surface area (Å²) in [6, 6.07) is 9.39. The summed E-state index contributed by atoms with van der Waals surface area (Å²) in [5, 5.41) is 8.10. The van der Waals surface area contributed by atoms with E-state index >= 15 is 0 Å². The van der Waals surface area contributed by atoms with Crippen molar-refractivity contribution in [2.75, 3.05) is 36.4 Å². The molecule has 0 bridgehead atoms. The van der Waals surface area contributed by atoms with Gasteiger partial charge < -0.3 is 15.1 Å². The number of hydrogen-bond donors (Lipinski definition) is 1. The van der Waals surface area contributed by atoms with Crippen molar-refractivity contribution in [2.24, 2.45) is 0 Å². The Morgan fingerprint density at radius 3 is 2.32 bits per heavy atom. The number of nitrogens with zero attached hydrogens (tertiary/aromatic N) is 6. The van der Waals surface area contributed by atoms with Gasteiger partial charge in [-0.1, -0.05) is 17.7 Å². The minimum Gasteiger partial charge on any atom is -0.353 e. The second-order valence-electron chi connectivity index (χ2n) is 7.84. The van der Waals surface area contributed by atoms with Gasteiger partial charge in [-0.2, -0.15) is 5.10 Å². The number of hydrogen-bond acceptors (Lipinski definition) is 5. The Labute approximate surface area is 186 Å². The molecular formula is C22H26ClN7O. The lowest BCUT2D eigenvalue weighted by Crippen LogP contribution is -2.50. The fraction of sp³-hybridized carbons (Fsp3) is 0.364. The van der Waals surface area contributed by atoms with E-state index < -0.39 is 0 Å². The van der Waals surface area contributed by atoms with E-state index in [0.29, 0.717) is 42.7 Å². The van der Waals surface area contributed by atoms with Crippen LogP contribution >= 0.6 is 11.6 Å². The molecule has 3 heterocycles. The fourth-order valence-corrected chi connectivity index (χ4v) is 3.86. The number of nitrogens with one attached hydrogen (secondary N) is 1. The van der Waals surface area contributed by atoms with Gasteiger partial charge in [0, 0.05) is 48.6 Å². The minimum atomic E-state index is -0.123. The molecule has 9 heteroatoms. The molecule has 3 aromatic rings. The SMILES string of the molecule is Cc1cc(C)n(-c2cc(N3CCN(C(=O)Nc4ccc(C)c(Cl)c4)CC3)nc(C)n2)n1. The number of urea groups is 1. The Morgan fingerprint density at radius 1 is 0.968 bits per heavy atom. The Balaban J connectivity index is 1.43. The number of amides is 2. The van der Waals surface area contributed by atoms with Crippen molar-refractivity contribution in [2.45, 2.75) is 27.7 Å². The van der Waals surface area contributed by atoms with Crippen LogP contribution in [0.15, 0.2) is 30.3 Å². The zero-order valence-corrected chi connectivity index (χ0v) is 18.9. The maximum absolute atomic E-state index is 12.7. The predicted molar refractivity (Wildman–Crippen MR) is 122 cm³/mol. The average molecular weight is 440 g/mol. The molecule has 0 radical (unpaired) electrons. The molecule has 1 aromatic carbocycles. The molecule has 2 aromatic heterocycles. The van der Waals surface area contributed by atoms with Gasteiger partial charge in [0.05, 0.1) is 5.69 Å². The van der Waals surface area contributed by atoms with E-state index in [1.165, 1.54) is 0 Å². The number of rotatable bonds is 3. The van der Waals surface area contributed by atoms with Gasteiger partial charge in [-0.25, -0.2) is 19.4 Å². The Hall–Kier alpha value is -3.13. The van der Waals surface area contributed by atoms with Crippen molar-refractivity contribution < 1.29 is 4.79 Å². The van der Waals surface area contributed by atoms with Gasteiger partial charge in [-0.05, 0) is 51.5 Å². The molecule has 1 fully saturated rings. The van der Waals surface area contributed by atoms with Crippen LogP contribution in [0.4, 0.5) is 16.3 Å². The highest BCUT2D eigenvalue weighted by Gasteiger charge is 2.23. The van der Waals surface area contributed by atoms with E-state index in [4.69, 9.17) is 11.6 Å². The number of anilines is 2. The first kappa shape index (κ1) is 21.1. The number of aromatic nitrogens is 4. The monoisotopic (exact) mass is 439 g/mol. The highest BCUT2D eigenvalue weighted by molar-refractivity contribution is 6.31. The second kappa shape index (κ2) is 8.55. The Bertz CT molecular complexity index is 1120. The molecule has 1 N–H and O–H groups in total. The molecular weight excluding hydrogens is 414 g/mol. The smallest absolute Gasteiger partial charge is 0.321 e. The number of aryl methyl sites for hydroxylation is 4. The molecule has 0 atom stereocenters. The van der Waals surface area contributed by atoms with E-state index in [-0.39, 0.29) is 6.03 Å². The third-order valence-electron chi connectivity index (χ3n) is 5.35. The van der Waals surface area contributed by atoms with Crippen molar-refractivity contribution in [3.8, 4) is 5.82 Å². The van der Waals surface area contributed by atoms with Crippen LogP contribution in [0.25, 0.3) is 5.82 Å². The summed E-state index contributed by atoms with van der Waals surface area (Å²) < 4.78 is 1.84. The van der Waals surface area contributed by atoms with E-state index in [1.807, 2.05) is 56.6 Å². The Kier molecular flexibility index (Phi) is 5.82. The molecule has 1 saturated heterocycles. The van der Waals surface area contributed by atoms with Gasteiger partial charge in [0.2, 0.25) is 0 Å². The zero-order chi connectivity index (χ0) is 22.1. The molecule has 0 spiro atoms. The lowest BCUT2D eigenvalue weighted by molar-refractivity contribution is 0.208. The largest absolute Gasteiger partial charge is 0.353 e. The van der Waals surface area contributed by atoms with Crippen LogP contribution < -0.4 is 10.2 Å². The van der Waals surface area contributed by atoms with E-state index in [9.17, 15) is 4.79 Å². The predicted octanol–water partition coefficient (Wildman–Crippen LogP) is 3.90. The van der Waals surface area contributed by atoms with E-state index in [0.717, 1.165) is 28.6 Å². The van der Waals surface area contributed by atoms with Gasteiger partial charge in [0.1, 0.15) is 11.6 Å². The normalized spacial score (nSPS) is 14.1. The topological polar surface area (TPSA) is 79.2 Å². The first-order chi connectivity index (χ1) is 14.8. The third-order valence-corrected chi connectivity index (χ3v) is 5.76. The minimum absolute atomic E-state index is 0.123. The first-order valence-electron chi connectivity index (χ1n) is 10.3. The maximum Gasteiger partial charge on any atom is 0.321 e. The lowest BCUT2D eigenvalue weighted by atomic mass is 10.2. The molecule has 4 rings (SSSR count).